The minimum absolute atomic E-state index is 0.0774. The zero-order valence-corrected chi connectivity index (χ0v) is 17.6. The molecular formula is C23H22BrNO3. The summed E-state index contributed by atoms with van der Waals surface area (Å²) >= 11 is 3.52. The molecule has 1 atom stereocenters. The van der Waals surface area contributed by atoms with Gasteiger partial charge >= 0.3 is 0 Å². The van der Waals surface area contributed by atoms with Gasteiger partial charge in [0.1, 0.15) is 5.75 Å². The highest BCUT2D eigenvalue weighted by molar-refractivity contribution is 9.10. The molecule has 0 spiro atoms. The number of hydrogen-bond acceptors (Lipinski definition) is 3. The van der Waals surface area contributed by atoms with Gasteiger partial charge in [0.2, 0.25) is 0 Å². The number of halogens is 1. The molecule has 0 saturated carbocycles. The number of ketones is 1. The van der Waals surface area contributed by atoms with E-state index in [1.165, 1.54) is 0 Å². The van der Waals surface area contributed by atoms with E-state index in [0.717, 1.165) is 63.1 Å². The number of aromatic nitrogens is 1. The summed E-state index contributed by atoms with van der Waals surface area (Å²) in [4.78, 5) is 16.9. The molecule has 2 heterocycles. The number of rotatable bonds is 3. The summed E-state index contributed by atoms with van der Waals surface area (Å²) in [5.74, 6) is 1.34. The maximum absolute atomic E-state index is 13.3. The Balaban J connectivity index is 1.57. The first-order chi connectivity index (χ1) is 13.4. The Kier molecular flexibility index (Phi) is 4.14. The standard InChI is InChI=1S/C23H22BrNO3/c1-23(2)18-10-15(28-12-13-7-8-27-11-13)4-6-16(18)21(26)20-17-5-3-14(24)9-19(17)25-22(20)23/h3-6,9-10,13,25H,7-8,11-12H2,1-2H3/t13-/m1/s1. The maximum Gasteiger partial charge on any atom is 0.195 e. The van der Waals surface area contributed by atoms with Gasteiger partial charge in [0.05, 0.1) is 18.8 Å². The molecule has 1 aromatic heterocycles. The third-order valence-corrected chi connectivity index (χ3v) is 6.52. The Hall–Kier alpha value is -2.11. The summed E-state index contributed by atoms with van der Waals surface area (Å²) in [6, 6.07) is 11.9. The van der Waals surface area contributed by atoms with E-state index in [1.807, 2.05) is 36.4 Å². The normalized spacial score (nSPS) is 20.2. The second-order valence-corrected chi connectivity index (χ2v) is 9.18. The number of fused-ring (bicyclic) bond motifs is 4. The molecule has 4 nitrogen and oxygen atoms in total. The van der Waals surface area contributed by atoms with E-state index < -0.39 is 0 Å². The zero-order chi connectivity index (χ0) is 19.5. The molecule has 5 rings (SSSR count). The van der Waals surface area contributed by atoms with Gasteiger partial charge in [-0.1, -0.05) is 35.8 Å². The monoisotopic (exact) mass is 439 g/mol. The number of aromatic amines is 1. The highest BCUT2D eigenvalue weighted by Crippen LogP contribution is 2.44. The first kappa shape index (κ1) is 18.0. The molecule has 0 amide bonds. The van der Waals surface area contributed by atoms with Crippen molar-refractivity contribution in [2.24, 2.45) is 5.92 Å². The molecule has 28 heavy (non-hydrogen) atoms. The molecule has 5 heteroatoms. The van der Waals surface area contributed by atoms with Gasteiger partial charge in [-0.3, -0.25) is 4.79 Å². The van der Waals surface area contributed by atoms with Crippen molar-refractivity contribution in [2.45, 2.75) is 25.7 Å². The summed E-state index contributed by atoms with van der Waals surface area (Å²) in [7, 11) is 0. The van der Waals surface area contributed by atoms with Crippen molar-refractivity contribution in [1.29, 1.82) is 0 Å². The number of benzene rings is 2. The fourth-order valence-electron chi connectivity index (χ4n) is 4.40. The summed E-state index contributed by atoms with van der Waals surface area (Å²) in [5.41, 5.74) is 4.19. The van der Waals surface area contributed by atoms with Gasteiger partial charge in [-0.15, -0.1) is 0 Å². The Morgan fingerprint density at radius 2 is 2.11 bits per heavy atom. The largest absolute Gasteiger partial charge is 0.493 e. The van der Waals surface area contributed by atoms with E-state index in [-0.39, 0.29) is 11.2 Å². The highest BCUT2D eigenvalue weighted by Gasteiger charge is 2.39. The molecule has 1 saturated heterocycles. The van der Waals surface area contributed by atoms with Crippen LogP contribution in [0.5, 0.6) is 5.75 Å². The summed E-state index contributed by atoms with van der Waals surface area (Å²) in [6.45, 7) is 6.56. The summed E-state index contributed by atoms with van der Waals surface area (Å²) < 4.78 is 12.5. The topological polar surface area (TPSA) is 51.3 Å². The van der Waals surface area contributed by atoms with Crippen molar-refractivity contribution in [2.75, 3.05) is 19.8 Å². The van der Waals surface area contributed by atoms with Crippen molar-refractivity contribution in [3.63, 3.8) is 0 Å². The van der Waals surface area contributed by atoms with E-state index in [2.05, 4.69) is 34.8 Å². The molecule has 144 valence electrons. The van der Waals surface area contributed by atoms with Crippen LogP contribution in [0.15, 0.2) is 40.9 Å². The van der Waals surface area contributed by atoms with Gasteiger partial charge in [0.15, 0.2) is 5.78 Å². The number of H-pyrrole nitrogens is 1. The van der Waals surface area contributed by atoms with E-state index in [0.29, 0.717) is 12.5 Å². The van der Waals surface area contributed by atoms with E-state index in [4.69, 9.17) is 9.47 Å². The van der Waals surface area contributed by atoms with Crippen molar-refractivity contribution < 1.29 is 14.3 Å². The molecule has 0 radical (unpaired) electrons. The molecule has 1 fully saturated rings. The van der Waals surface area contributed by atoms with Gasteiger partial charge in [0, 0.05) is 44.6 Å². The lowest BCUT2D eigenvalue weighted by atomic mass is 9.71. The number of carbonyl (C=O) groups is 1. The average molecular weight is 440 g/mol. The van der Waals surface area contributed by atoms with Crippen LogP contribution in [0.25, 0.3) is 10.9 Å². The molecule has 0 unspecified atom stereocenters. The third kappa shape index (κ3) is 2.72. The lowest BCUT2D eigenvalue weighted by Gasteiger charge is -2.32. The van der Waals surface area contributed by atoms with Crippen LogP contribution in [0.1, 0.15) is 47.4 Å². The second-order valence-electron chi connectivity index (χ2n) is 8.27. The van der Waals surface area contributed by atoms with Crippen molar-refractivity contribution >= 4 is 32.6 Å². The van der Waals surface area contributed by atoms with Crippen LogP contribution in [0.4, 0.5) is 0 Å². The molecule has 1 aliphatic carbocycles. The summed E-state index contributed by atoms with van der Waals surface area (Å²) in [5, 5.41) is 0.975. The third-order valence-electron chi connectivity index (χ3n) is 6.03. The van der Waals surface area contributed by atoms with Crippen molar-refractivity contribution in [3.8, 4) is 5.75 Å². The fourth-order valence-corrected chi connectivity index (χ4v) is 4.76. The Labute approximate surface area is 172 Å². The molecule has 3 aromatic rings. The SMILES string of the molecule is CC1(C)c2cc(OC[C@@H]3CCOC3)ccc2C(=O)c2c1[nH]c1cc(Br)ccc21. The second kappa shape index (κ2) is 6.46. The fraction of sp³-hybridized carbons (Fsp3) is 0.348. The van der Waals surface area contributed by atoms with Crippen LogP contribution in [-0.4, -0.2) is 30.6 Å². The number of hydrogen-bond donors (Lipinski definition) is 1. The van der Waals surface area contributed by atoms with Gasteiger partial charge in [0.25, 0.3) is 0 Å². The van der Waals surface area contributed by atoms with Crippen LogP contribution >= 0.6 is 15.9 Å². The van der Waals surface area contributed by atoms with Crippen molar-refractivity contribution in [1.82, 2.24) is 4.98 Å². The number of ether oxygens (including phenoxy) is 2. The lowest BCUT2D eigenvalue weighted by molar-refractivity contribution is 0.103. The quantitative estimate of drug-likeness (QED) is 0.608. The first-order valence-corrected chi connectivity index (χ1v) is 10.5. The molecule has 2 aromatic carbocycles. The van der Waals surface area contributed by atoms with E-state index in [1.54, 1.807) is 0 Å². The highest BCUT2D eigenvalue weighted by atomic mass is 79.9. The average Bonchev–Trinajstić information content (AvgIpc) is 3.32. The van der Waals surface area contributed by atoms with Crippen LogP contribution in [0, 0.1) is 5.92 Å². The molecule has 1 N–H and O–H groups in total. The predicted molar refractivity (Wildman–Crippen MR) is 112 cm³/mol. The van der Waals surface area contributed by atoms with Gasteiger partial charge < -0.3 is 14.5 Å². The number of carbonyl (C=O) groups excluding carboxylic acids is 1. The zero-order valence-electron chi connectivity index (χ0n) is 16.0. The van der Waals surface area contributed by atoms with Crippen LogP contribution < -0.4 is 4.74 Å². The smallest absolute Gasteiger partial charge is 0.195 e. The Bertz CT molecular complexity index is 1090. The minimum atomic E-state index is -0.320. The molecule has 0 bridgehead atoms. The molecular weight excluding hydrogens is 418 g/mol. The van der Waals surface area contributed by atoms with Crippen LogP contribution in [0.2, 0.25) is 0 Å². The first-order valence-electron chi connectivity index (χ1n) is 9.66. The Morgan fingerprint density at radius 1 is 1.25 bits per heavy atom. The number of nitrogens with one attached hydrogen (secondary N) is 1. The summed E-state index contributed by atoms with van der Waals surface area (Å²) in [6.07, 6.45) is 1.04. The minimum Gasteiger partial charge on any atom is -0.493 e. The molecule has 1 aliphatic heterocycles. The maximum atomic E-state index is 13.3. The Morgan fingerprint density at radius 3 is 2.89 bits per heavy atom. The molecule has 2 aliphatic rings. The van der Waals surface area contributed by atoms with Gasteiger partial charge in [-0.2, -0.15) is 0 Å². The predicted octanol–water partition coefficient (Wildman–Crippen LogP) is 5.22. The lowest BCUT2D eigenvalue weighted by Crippen LogP contribution is -2.30. The van der Waals surface area contributed by atoms with E-state index >= 15 is 0 Å². The van der Waals surface area contributed by atoms with Crippen LogP contribution in [0.3, 0.4) is 0 Å². The van der Waals surface area contributed by atoms with Crippen molar-refractivity contribution in [3.05, 3.63) is 63.3 Å². The van der Waals surface area contributed by atoms with Crippen LogP contribution in [-0.2, 0) is 10.2 Å². The van der Waals surface area contributed by atoms with Gasteiger partial charge in [-0.25, -0.2) is 0 Å². The van der Waals surface area contributed by atoms with Gasteiger partial charge in [-0.05, 0) is 42.3 Å². The van der Waals surface area contributed by atoms with E-state index in [9.17, 15) is 4.79 Å².